The SMILES string of the molecule is CN1CCCN(c2cc(Cl)ccc2C(=N)N)CC1. The Bertz CT molecular complexity index is 447. The van der Waals surface area contributed by atoms with E-state index in [4.69, 9.17) is 22.7 Å². The molecule has 4 nitrogen and oxygen atoms in total. The van der Waals surface area contributed by atoms with Crippen molar-refractivity contribution in [2.75, 3.05) is 38.1 Å². The van der Waals surface area contributed by atoms with Crippen molar-refractivity contribution in [3.63, 3.8) is 0 Å². The van der Waals surface area contributed by atoms with Gasteiger partial charge < -0.3 is 15.5 Å². The number of rotatable bonds is 2. The fourth-order valence-electron chi connectivity index (χ4n) is 2.28. The number of nitrogens with one attached hydrogen (secondary N) is 1. The maximum atomic E-state index is 7.66. The molecule has 1 fully saturated rings. The summed E-state index contributed by atoms with van der Waals surface area (Å²) in [5, 5.41) is 8.34. The summed E-state index contributed by atoms with van der Waals surface area (Å²) in [6.45, 7) is 4.04. The molecule has 1 aliphatic heterocycles. The van der Waals surface area contributed by atoms with Crippen LogP contribution in [0.15, 0.2) is 18.2 Å². The van der Waals surface area contributed by atoms with Crippen LogP contribution in [0.3, 0.4) is 0 Å². The third-order valence-corrected chi connectivity index (χ3v) is 3.55. The topological polar surface area (TPSA) is 56.4 Å². The van der Waals surface area contributed by atoms with E-state index >= 15 is 0 Å². The van der Waals surface area contributed by atoms with E-state index < -0.39 is 0 Å². The summed E-state index contributed by atoms with van der Waals surface area (Å²) in [6.07, 6.45) is 1.11. The normalized spacial score (nSPS) is 17.6. The molecule has 1 aromatic carbocycles. The Hall–Kier alpha value is -1.26. The molecule has 1 aliphatic rings. The maximum absolute atomic E-state index is 7.66. The van der Waals surface area contributed by atoms with Gasteiger partial charge in [-0.15, -0.1) is 0 Å². The molecule has 1 saturated heterocycles. The molecular formula is C13H19ClN4. The van der Waals surface area contributed by atoms with E-state index in [0.29, 0.717) is 5.02 Å². The van der Waals surface area contributed by atoms with Gasteiger partial charge in [0, 0.05) is 35.9 Å². The molecule has 0 saturated carbocycles. The summed E-state index contributed by atoms with van der Waals surface area (Å²) in [5.74, 6) is 0.0965. The standard InChI is InChI=1S/C13H19ClN4/c1-17-5-2-6-18(8-7-17)12-9-10(14)3-4-11(12)13(15)16/h3-4,9H,2,5-8H2,1H3,(H3,15,16). The Morgan fingerprint density at radius 1 is 1.28 bits per heavy atom. The van der Waals surface area contributed by atoms with Crippen LogP contribution in [-0.2, 0) is 0 Å². The fourth-order valence-corrected chi connectivity index (χ4v) is 2.45. The Balaban J connectivity index is 2.30. The molecule has 0 atom stereocenters. The lowest BCUT2D eigenvalue weighted by Gasteiger charge is -2.25. The van der Waals surface area contributed by atoms with Gasteiger partial charge in [0.1, 0.15) is 5.84 Å². The van der Waals surface area contributed by atoms with Crippen molar-refractivity contribution in [1.29, 1.82) is 5.41 Å². The predicted octanol–water partition coefficient (Wildman–Crippen LogP) is 1.77. The van der Waals surface area contributed by atoms with Crippen molar-refractivity contribution >= 4 is 23.1 Å². The van der Waals surface area contributed by atoms with E-state index in [1.54, 1.807) is 6.07 Å². The van der Waals surface area contributed by atoms with Gasteiger partial charge in [0.25, 0.3) is 0 Å². The van der Waals surface area contributed by atoms with Crippen molar-refractivity contribution in [1.82, 2.24) is 4.90 Å². The first kappa shape index (κ1) is 13.2. The number of halogens is 1. The van der Waals surface area contributed by atoms with E-state index in [1.165, 1.54) is 0 Å². The maximum Gasteiger partial charge on any atom is 0.124 e. The zero-order valence-corrected chi connectivity index (χ0v) is 11.4. The first-order chi connectivity index (χ1) is 8.58. The highest BCUT2D eigenvalue weighted by molar-refractivity contribution is 6.31. The fraction of sp³-hybridized carbons (Fsp3) is 0.462. The lowest BCUT2D eigenvalue weighted by atomic mass is 10.1. The molecule has 18 heavy (non-hydrogen) atoms. The second-order valence-corrected chi connectivity index (χ2v) is 5.16. The Morgan fingerprint density at radius 3 is 2.78 bits per heavy atom. The first-order valence-electron chi connectivity index (χ1n) is 6.15. The van der Waals surface area contributed by atoms with Gasteiger partial charge in [0.15, 0.2) is 0 Å². The van der Waals surface area contributed by atoms with Gasteiger partial charge in [-0.2, -0.15) is 0 Å². The third-order valence-electron chi connectivity index (χ3n) is 3.31. The number of likely N-dealkylation sites (N-methyl/N-ethyl adjacent to an activating group) is 1. The summed E-state index contributed by atoms with van der Waals surface area (Å²) in [7, 11) is 2.13. The van der Waals surface area contributed by atoms with Crippen LogP contribution in [0.4, 0.5) is 5.69 Å². The monoisotopic (exact) mass is 266 g/mol. The molecular weight excluding hydrogens is 248 g/mol. The molecule has 1 aromatic rings. The summed E-state index contributed by atoms with van der Waals surface area (Å²) >= 11 is 6.06. The van der Waals surface area contributed by atoms with Crippen LogP contribution >= 0.6 is 11.6 Å². The molecule has 98 valence electrons. The van der Waals surface area contributed by atoms with Crippen LogP contribution in [-0.4, -0.2) is 44.0 Å². The Kier molecular flexibility index (Phi) is 4.09. The van der Waals surface area contributed by atoms with Crippen molar-refractivity contribution in [2.24, 2.45) is 5.73 Å². The van der Waals surface area contributed by atoms with Crippen molar-refractivity contribution in [3.05, 3.63) is 28.8 Å². The van der Waals surface area contributed by atoms with Gasteiger partial charge in [-0.1, -0.05) is 11.6 Å². The van der Waals surface area contributed by atoms with Crippen LogP contribution in [0.5, 0.6) is 0 Å². The van der Waals surface area contributed by atoms with E-state index in [0.717, 1.165) is 43.9 Å². The average Bonchev–Trinajstić information content (AvgIpc) is 2.53. The quantitative estimate of drug-likeness (QED) is 0.634. The molecule has 0 spiro atoms. The highest BCUT2D eigenvalue weighted by Gasteiger charge is 2.16. The number of hydrogen-bond donors (Lipinski definition) is 2. The minimum Gasteiger partial charge on any atom is -0.384 e. The van der Waals surface area contributed by atoms with Gasteiger partial charge in [0.05, 0.1) is 0 Å². The second-order valence-electron chi connectivity index (χ2n) is 4.72. The minimum absolute atomic E-state index is 0.0965. The molecule has 0 amide bonds. The highest BCUT2D eigenvalue weighted by atomic mass is 35.5. The molecule has 5 heteroatoms. The van der Waals surface area contributed by atoms with Crippen LogP contribution in [0.2, 0.25) is 5.02 Å². The molecule has 0 radical (unpaired) electrons. The lowest BCUT2D eigenvalue weighted by molar-refractivity contribution is 0.360. The number of nitrogens with two attached hydrogens (primary N) is 1. The third kappa shape index (κ3) is 2.94. The number of hydrogen-bond acceptors (Lipinski definition) is 3. The summed E-state index contributed by atoms with van der Waals surface area (Å²) in [5.41, 5.74) is 7.39. The molecule has 1 heterocycles. The second kappa shape index (κ2) is 5.59. The van der Waals surface area contributed by atoms with Crippen molar-refractivity contribution < 1.29 is 0 Å². The number of amidine groups is 1. The number of benzene rings is 1. The molecule has 0 unspecified atom stereocenters. The van der Waals surface area contributed by atoms with Crippen LogP contribution in [0.25, 0.3) is 0 Å². The van der Waals surface area contributed by atoms with Gasteiger partial charge in [0.2, 0.25) is 0 Å². The Morgan fingerprint density at radius 2 is 2.06 bits per heavy atom. The van der Waals surface area contributed by atoms with Crippen molar-refractivity contribution in [2.45, 2.75) is 6.42 Å². The minimum atomic E-state index is 0.0965. The van der Waals surface area contributed by atoms with Crippen molar-refractivity contribution in [3.8, 4) is 0 Å². The molecule has 0 aliphatic carbocycles. The highest BCUT2D eigenvalue weighted by Crippen LogP contribution is 2.25. The van der Waals surface area contributed by atoms with E-state index in [9.17, 15) is 0 Å². The van der Waals surface area contributed by atoms with Gasteiger partial charge in [-0.3, -0.25) is 5.41 Å². The number of anilines is 1. The average molecular weight is 267 g/mol. The van der Waals surface area contributed by atoms with E-state index in [2.05, 4.69) is 16.8 Å². The van der Waals surface area contributed by atoms with Crippen LogP contribution in [0.1, 0.15) is 12.0 Å². The lowest BCUT2D eigenvalue weighted by Crippen LogP contribution is -2.30. The zero-order chi connectivity index (χ0) is 13.1. The Labute approximate surface area is 113 Å². The van der Waals surface area contributed by atoms with E-state index in [1.807, 2.05) is 12.1 Å². The predicted molar refractivity (Wildman–Crippen MR) is 76.8 cm³/mol. The van der Waals surface area contributed by atoms with Crippen LogP contribution in [0, 0.1) is 5.41 Å². The van der Waals surface area contributed by atoms with Gasteiger partial charge in [-0.05, 0) is 38.2 Å². The molecule has 0 bridgehead atoms. The molecule has 3 N–H and O–H groups in total. The largest absolute Gasteiger partial charge is 0.384 e. The van der Waals surface area contributed by atoms with E-state index in [-0.39, 0.29) is 5.84 Å². The van der Waals surface area contributed by atoms with Gasteiger partial charge >= 0.3 is 0 Å². The first-order valence-corrected chi connectivity index (χ1v) is 6.53. The van der Waals surface area contributed by atoms with Gasteiger partial charge in [-0.25, -0.2) is 0 Å². The zero-order valence-electron chi connectivity index (χ0n) is 10.6. The van der Waals surface area contributed by atoms with Crippen LogP contribution < -0.4 is 10.6 Å². The summed E-state index contributed by atoms with van der Waals surface area (Å²) in [4.78, 5) is 4.59. The number of nitrogen functional groups attached to an aromatic ring is 1. The summed E-state index contributed by atoms with van der Waals surface area (Å²) < 4.78 is 0. The smallest absolute Gasteiger partial charge is 0.124 e. The molecule has 2 rings (SSSR count). The number of nitrogens with zero attached hydrogens (tertiary/aromatic N) is 2. The molecule has 0 aromatic heterocycles. The summed E-state index contributed by atoms with van der Waals surface area (Å²) in [6, 6.07) is 5.52.